The molecule has 1 fully saturated rings. The first-order valence-electron chi connectivity index (χ1n) is 7.42. The molecule has 0 amide bonds. The van der Waals surface area contributed by atoms with Crippen LogP contribution in [0.1, 0.15) is 25.5 Å². The molecule has 1 saturated heterocycles. The summed E-state index contributed by atoms with van der Waals surface area (Å²) in [5.41, 5.74) is 0. The van der Waals surface area contributed by atoms with Crippen LogP contribution < -0.4 is 5.32 Å². The van der Waals surface area contributed by atoms with Crippen LogP contribution in [0.4, 0.5) is 0 Å². The highest BCUT2D eigenvalue weighted by atomic mass is 32.2. The van der Waals surface area contributed by atoms with Crippen LogP contribution in [0.5, 0.6) is 0 Å². The van der Waals surface area contributed by atoms with Crippen molar-refractivity contribution < 1.29 is 12.8 Å². The standard InChI is InChI=1S/C14H25N3O3S/c1-4-17-9-5-6-12(17)11-16(3)21(18,19)14-8-7-13(20-14)10-15-2/h7-8,12,15H,4-6,9-11H2,1-3H3. The summed E-state index contributed by atoms with van der Waals surface area (Å²) >= 11 is 0. The van der Waals surface area contributed by atoms with Gasteiger partial charge in [0, 0.05) is 19.6 Å². The minimum atomic E-state index is -3.54. The summed E-state index contributed by atoms with van der Waals surface area (Å²) in [5.74, 6) is 0.625. The number of rotatable bonds is 7. The molecule has 0 radical (unpaired) electrons. The van der Waals surface area contributed by atoms with Crippen molar-refractivity contribution in [2.24, 2.45) is 0 Å². The van der Waals surface area contributed by atoms with Gasteiger partial charge in [-0.2, -0.15) is 4.31 Å². The van der Waals surface area contributed by atoms with E-state index in [1.54, 1.807) is 20.2 Å². The van der Waals surface area contributed by atoms with E-state index >= 15 is 0 Å². The van der Waals surface area contributed by atoms with Crippen molar-refractivity contribution in [3.63, 3.8) is 0 Å². The maximum atomic E-state index is 12.5. The van der Waals surface area contributed by atoms with Gasteiger partial charge in [-0.1, -0.05) is 6.92 Å². The molecule has 6 nitrogen and oxygen atoms in total. The van der Waals surface area contributed by atoms with Gasteiger partial charge >= 0.3 is 0 Å². The first-order chi connectivity index (χ1) is 9.98. The predicted octanol–water partition coefficient (Wildman–Crippen LogP) is 1.10. The van der Waals surface area contributed by atoms with Gasteiger partial charge < -0.3 is 9.73 Å². The Morgan fingerprint density at radius 1 is 1.48 bits per heavy atom. The SMILES string of the molecule is CCN1CCCC1CN(C)S(=O)(=O)c1ccc(CNC)o1. The summed E-state index contributed by atoms with van der Waals surface area (Å²) in [6.45, 7) is 5.17. The van der Waals surface area contributed by atoms with Gasteiger partial charge in [-0.25, -0.2) is 8.42 Å². The Morgan fingerprint density at radius 3 is 2.90 bits per heavy atom. The molecule has 7 heteroatoms. The molecule has 1 unspecified atom stereocenters. The first-order valence-corrected chi connectivity index (χ1v) is 8.86. The van der Waals surface area contributed by atoms with Gasteiger partial charge in [-0.05, 0) is 45.1 Å². The van der Waals surface area contributed by atoms with E-state index in [2.05, 4.69) is 17.1 Å². The van der Waals surface area contributed by atoms with E-state index in [1.807, 2.05) is 0 Å². The molecule has 1 aromatic heterocycles. The fraction of sp³-hybridized carbons (Fsp3) is 0.714. The largest absolute Gasteiger partial charge is 0.447 e. The maximum Gasteiger partial charge on any atom is 0.276 e. The van der Waals surface area contributed by atoms with Gasteiger partial charge in [-0.3, -0.25) is 4.90 Å². The molecule has 0 saturated carbocycles. The lowest BCUT2D eigenvalue weighted by Gasteiger charge is -2.26. The second kappa shape index (κ2) is 6.91. The van der Waals surface area contributed by atoms with Gasteiger partial charge in [0.05, 0.1) is 6.54 Å². The monoisotopic (exact) mass is 315 g/mol. The predicted molar refractivity (Wildman–Crippen MR) is 81.6 cm³/mol. The van der Waals surface area contributed by atoms with Crippen LogP contribution in [0, 0.1) is 0 Å². The number of sulfonamides is 1. The molecule has 21 heavy (non-hydrogen) atoms. The Hall–Kier alpha value is -0.890. The van der Waals surface area contributed by atoms with Crippen molar-refractivity contribution in [3.05, 3.63) is 17.9 Å². The Bertz CT molecular complexity index is 556. The van der Waals surface area contributed by atoms with Gasteiger partial charge in [-0.15, -0.1) is 0 Å². The zero-order valence-electron chi connectivity index (χ0n) is 13.0. The number of nitrogens with one attached hydrogen (secondary N) is 1. The fourth-order valence-corrected chi connectivity index (χ4v) is 3.96. The van der Waals surface area contributed by atoms with Gasteiger partial charge in [0.25, 0.3) is 10.0 Å². The lowest BCUT2D eigenvalue weighted by Crippen LogP contribution is -2.41. The Kier molecular flexibility index (Phi) is 5.43. The Balaban J connectivity index is 2.07. The number of hydrogen-bond donors (Lipinski definition) is 1. The highest BCUT2D eigenvalue weighted by Gasteiger charge is 2.30. The van der Waals surface area contributed by atoms with Crippen LogP contribution >= 0.6 is 0 Å². The highest BCUT2D eigenvalue weighted by molar-refractivity contribution is 7.89. The zero-order valence-corrected chi connectivity index (χ0v) is 13.8. The lowest BCUT2D eigenvalue weighted by molar-refractivity contribution is 0.236. The normalized spacial score (nSPS) is 20.5. The molecule has 1 aromatic rings. The average Bonchev–Trinajstić information content (AvgIpc) is 3.08. The molecule has 0 aromatic carbocycles. The van der Waals surface area contributed by atoms with Crippen molar-refractivity contribution in [2.75, 3.05) is 33.7 Å². The Labute approximate surface area is 127 Å². The van der Waals surface area contributed by atoms with Crippen LogP contribution in [0.15, 0.2) is 21.6 Å². The quantitative estimate of drug-likeness (QED) is 0.816. The van der Waals surface area contributed by atoms with E-state index in [9.17, 15) is 8.42 Å². The highest BCUT2D eigenvalue weighted by Crippen LogP contribution is 2.22. The van der Waals surface area contributed by atoms with Crippen LogP contribution in [0.2, 0.25) is 0 Å². The van der Waals surface area contributed by atoms with E-state index in [4.69, 9.17) is 4.42 Å². The molecule has 1 N–H and O–H groups in total. The van der Waals surface area contributed by atoms with Crippen LogP contribution in [0.25, 0.3) is 0 Å². The van der Waals surface area contributed by atoms with Crippen LogP contribution in [-0.4, -0.2) is 57.4 Å². The zero-order chi connectivity index (χ0) is 15.5. The third kappa shape index (κ3) is 3.66. The molecule has 1 atom stereocenters. The van der Waals surface area contributed by atoms with Gasteiger partial charge in [0.2, 0.25) is 5.09 Å². The molecule has 0 spiro atoms. The minimum absolute atomic E-state index is 0.0243. The fourth-order valence-electron chi connectivity index (χ4n) is 2.83. The summed E-state index contributed by atoms with van der Waals surface area (Å²) in [6, 6.07) is 3.54. The maximum absolute atomic E-state index is 12.5. The van der Waals surface area contributed by atoms with Crippen LogP contribution in [-0.2, 0) is 16.6 Å². The Morgan fingerprint density at radius 2 is 2.24 bits per heavy atom. The van der Waals surface area contributed by atoms with Gasteiger partial charge in [0.15, 0.2) is 0 Å². The summed E-state index contributed by atoms with van der Waals surface area (Å²) < 4.78 is 31.9. The van der Waals surface area contributed by atoms with E-state index in [1.165, 1.54) is 10.4 Å². The summed E-state index contributed by atoms with van der Waals surface area (Å²) in [7, 11) is -0.123. The number of hydrogen-bond acceptors (Lipinski definition) is 5. The average molecular weight is 315 g/mol. The molecular formula is C14H25N3O3S. The summed E-state index contributed by atoms with van der Waals surface area (Å²) in [4.78, 5) is 2.33. The molecule has 0 aliphatic carbocycles. The lowest BCUT2D eigenvalue weighted by atomic mass is 10.2. The molecule has 1 aliphatic rings. The second-order valence-corrected chi connectivity index (χ2v) is 7.44. The molecule has 1 aliphatic heterocycles. The van der Waals surface area contributed by atoms with E-state index < -0.39 is 10.0 Å². The van der Waals surface area contributed by atoms with E-state index in [0.717, 1.165) is 25.9 Å². The smallest absolute Gasteiger partial charge is 0.276 e. The minimum Gasteiger partial charge on any atom is -0.447 e. The number of nitrogens with zero attached hydrogens (tertiary/aromatic N) is 2. The van der Waals surface area contributed by atoms with Crippen molar-refractivity contribution in [3.8, 4) is 0 Å². The molecule has 120 valence electrons. The topological polar surface area (TPSA) is 65.8 Å². The second-order valence-electron chi connectivity index (χ2n) is 5.46. The first kappa shape index (κ1) is 16.5. The van der Waals surface area contributed by atoms with Crippen molar-refractivity contribution >= 4 is 10.0 Å². The summed E-state index contributed by atoms with van der Waals surface area (Å²) in [6.07, 6.45) is 2.19. The number of furan rings is 1. The number of likely N-dealkylation sites (tertiary alicyclic amines) is 1. The van der Waals surface area contributed by atoms with Crippen molar-refractivity contribution in [1.29, 1.82) is 0 Å². The molecular weight excluding hydrogens is 290 g/mol. The molecule has 2 rings (SSSR count). The number of likely N-dealkylation sites (N-methyl/N-ethyl adjacent to an activating group) is 2. The van der Waals surface area contributed by atoms with Crippen LogP contribution in [0.3, 0.4) is 0 Å². The van der Waals surface area contributed by atoms with Crippen molar-refractivity contribution in [1.82, 2.24) is 14.5 Å². The molecule has 2 heterocycles. The van der Waals surface area contributed by atoms with E-state index in [0.29, 0.717) is 24.9 Å². The summed E-state index contributed by atoms with van der Waals surface area (Å²) in [5, 5.41) is 2.97. The van der Waals surface area contributed by atoms with Crippen molar-refractivity contribution in [2.45, 2.75) is 37.4 Å². The third-order valence-corrected chi connectivity index (χ3v) is 5.72. The van der Waals surface area contributed by atoms with E-state index in [-0.39, 0.29) is 5.09 Å². The molecule has 0 bridgehead atoms. The third-order valence-electron chi connectivity index (χ3n) is 4.03. The van der Waals surface area contributed by atoms with Gasteiger partial charge in [0.1, 0.15) is 5.76 Å².